The van der Waals surface area contributed by atoms with Gasteiger partial charge in [0.15, 0.2) is 0 Å². The minimum absolute atomic E-state index is 0.0808. The standard InChI is InChI=1S/C27H32N2O4S/c1-19(2)33-24-11-9-23(10-12-24)17-28-27(30)18-29(26-15-8-21(4)16-22(26)5)34(31,32)25-13-6-20(3)7-14-25/h6-16,19H,17-18H2,1-5H3,(H,28,30). The van der Waals surface area contributed by atoms with Crippen molar-refractivity contribution in [2.75, 3.05) is 10.8 Å². The Balaban J connectivity index is 1.81. The van der Waals surface area contributed by atoms with Gasteiger partial charge in [0.05, 0.1) is 16.7 Å². The van der Waals surface area contributed by atoms with Gasteiger partial charge in [0, 0.05) is 6.54 Å². The van der Waals surface area contributed by atoms with E-state index in [0.29, 0.717) is 5.69 Å². The van der Waals surface area contributed by atoms with Crippen LogP contribution in [0.15, 0.2) is 71.6 Å². The van der Waals surface area contributed by atoms with E-state index in [2.05, 4.69) is 5.32 Å². The highest BCUT2D eigenvalue weighted by Crippen LogP contribution is 2.27. The van der Waals surface area contributed by atoms with E-state index in [9.17, 15) is 13.2 Å². The lowest BCUT2D eigenvalue weighted by Crippen LogP contribution is -2.41. The first-order chi connectivity index (χ1) is 16.1. The zero-order chi connectivity index (χ0) is 24.9. The van der Waals surface area contributed by atoms with E-state index in [1.165, 1.54) is 4.31 Å². The zero-order valence-corrected chi connectivity index (χ0v) is 21.1. The van der Waals surface area contributed by atoms with Crippen LogP contribution in [0.1, 0.15) is 36.1 Å². The van der Waals surface area contributed by atoms with Crippen LogP contribution >= 0.6 is 0 Å². The van der Waals surface area contributed by atoms with E-state index in [0.717, 1.165) is 28.0 Å². The Morgan fingerprint density at radius 3 is 2.12 bits per heavy atom. The first kappa shape index (κ1) is 25.3. The molecule has 0 saturated heterocycles. The second-order valence-electron chi connectivity index (χ2n) is 8.70. The van der Waals surface area contributed by atoms with Gasteiger partial charge < -0.3 is 10.1 Å². The summed E-state index contributed by atoms with van der Waals surface area (Å²) in [4.78, 5) is 13.0. The van der Waals surface area contributed by atoms with Crippen LogP contribution in [0.4, 0.5) is 5.69 Å². The number of hydrogen-bond donors (Lipinski definition) is 1. The van der Waals surface area contributed by atoms with E-state index in [-0.39, 0.29) is 24.1 Å². The number of carbonyl (C=O) groups is 1. The smallest absolute Gasteiger partial charge is 0.264 e. The molecule has 1 amide bonds. The van der Waals surface area contributed by atoms with Gasteiger partial charge in [0.25, 0.3) is 10.0 Å². The lowest BCUT2D eigenvalue weighted by Gasteiger charge is -2.26. The van der Waals surface area contributed by atoms with Crippen LogP contribution in [0.3, 0.4) is 0 Å². The van der Waals surface area contributed by atoms with Crippen LogP contribution in [0.25, 0.3) is 0 Å². The molecule has 6 nitrogen and oxygen atoms in total. The molecule has 0 aliphatic carbocycles. The summed E-state index contributed by atoms with van der Waals surface area (Å²) in [7, 11) is -3.95. The molecule has 0 heterocycles. The van der Waals surface area contributed by atoms with Gasteiger partial charge in [-0.3, -0.25) is 9.10 Å². The van der Waals surface area contributed by atoms with Crippen molar-refractivity contribution in [2.45, 2.75) is 52.2 Å². The zero-order valence-electron chi connectivity index (χ0n) is 20.3. The maximum atomic E-state index is 13.5. The van der Waals surface area contributed by atoms with Crippen molar-refractivity contribution in [1.82, 2.24) is 5.32 Å². The molecule has 0 aliphatic rings. The number of carbonyl (C=O) groups excluding carboxylic acids is 1. The Morgan fingerprint density at radius 1 is 0.912 bits per heavy atom. The average Bonchev–Trinajstić information content (AvgIpc) is 2.77. The summed E-state index contributed by atoms with van der Waals surface area (Å²) in [6.07, 6.45) is 0.0808. The molecule has 0 aromatic heterocycles. The summed E-state index contributed by atoms with van der Waals surface area (Å²) < 4.78 is 33.9. The molecule has 0 aliphatic heterocycles. The minimum atomic E-state index is -3.95. The SMILES string of the molecule is Cc1ccc(S(=O)(=O)N(CC(=O)NCc2ccc(OC(C)C)cc2)c2ccc(C)cc2C)cc1. The Bertz CT molecular complexity index is 1230. The van der Waals surface area contributed by atoms with Crippen LogP contribution in [-0.4, -0.2) is 27.0 Å². The fourth-order valence-electron chi connectivity index (χ4n) is 3.57. The first-order valence-corrected chi connectivity index (χ1v) is 12.7. The number of rotatable bonds is 9. The Morgan fingerprint density at radius 2 is 1.53 bits per heavy atom. The van der Waals surface area contributed by atoms with Crippen LogP contribution in [0.5, 0.6) is 5.75 Å². The molecule has 1 N–H and O–H groups in total. The summed E-state index contributed by atoms with van der Waals surface area (Å²) in [5.41, 5.74) is 4.13. The second-order valence-corrected chi connectivity index (χ2v) is 10.6. The number of anilines is 1. The molecule has 0 spiro atoms. The molecule has 0 fully saturated rings. The summed E-state index contributed by atoms with van der Waals surface area (Å²) in [6, 6.07) is 19.6. The van der Waals surface area contributed by atoms with Crippen molar-refractivity contribution in [2.24, 2.45) is 0 Å². The summed E-state index contributed by atoms with van der Waals surface area (Å²) in [5, 5.41) is 2.84. The summed E-state index contributed by atoms with van der Waals surface area (Å²) in [5.74, 6) is 0.369. The Hall–Kier alpha value is -3.32. The maximum Gasteiger partial charge on any atom is 0.264 e. The number of amides is 1. The molecule has 7 heteroatoms. The van der Waals surface area contributed by atoms with Gasteiger partial charge >= 0.3 is 0 Å². The number of aryl methyl sites for hydroxylation is 3. The van der Waals surface area contributed by atoms with E-state index in [1.54, 1.807) is 30.3 Å². The summed E-state index contributed by atoms with van der Waals surface area (Å²) in [6.45, 7) is 9.56. The largest absolute Gasteiger partial charge is 0.491 e. The van der Waals surface area contributed by atoms with Gasteiger partial charge in [0.1, 0.15) is 12.3 Å². The fourth-order valence-corrected chi connectivity index (χ4v) is 5.05. The predicted octanol–water partition coefficient (Wildman–Crippen LogP) is 4.91. The van der Waals surface area contributed by atoms with Crippen molar-refractivity contribution in [3.63, 3.8) is 0 Å². The highest BCUT2D eigenvalue weighted by molar-refractivity contribution is 7.92. The third-order valence-corrected chi connectivity index (χ3v) is 7.08. The van der Waals surface area contributed by atoms with Crippen molar-refractivity contribution in [1.29, 1.82) is 0 Å². The lowest BCUT2D eigenvalue weighted by molar-refractivity contribution is -0.119. The van der Waals surface area contributed by atoms with Gasteiger partial charge in [-0.2, -0.15) is 0 Å². The first-order valence-electron chi connectivity index (χ1n) is 11.2. The number of sulfonamides is 1. The predicted molar refractivity (Wildman–Crippen MR) is 136 cm³/mol. The molecule has 0 bridgehead atoms. The van der Waals surface area contributed by atoms with Gasteiger partial charge in [-0.15, -0.1) is 0 Å². The summed E-state index contributed by atoms with van der Waals surface area (Å²) >= 11 is 0. The number of nitrogens with one attached hydrogen (secondary N) is 1. The Kier molecular flexibility index (Phi) is 7.99. The number of nitrogens with zero attached hydrogens (tertiary/aromatic N) is 1. The topological polar surface area (TPSA) is 75.7 Å². The van der Waals surface area contributed by atoms with Crippen LogP contribution in [0.2, 0.25) is 0 Å². The molecular weight excluding hydrogens is 448 g/mol. The molecule has 3 rings (SSSR count). The van der Waals surface area contributed by atoms with E-state index < -0.39 is 15.9 Å². The van der Waals surface area contributed by atoms with Crippen LogP contribution < -0.4 is 14.4 Å². The molecule has 3 aromatic carbocycles. The quantitative estimate of drug-likeness (QED) is 0.472. The van der Waals surface area contributed by atoms with E-state index in [1.807, 2.05) is 71.0 Å². The molecular formula is C27H32N2O4S. The van der Waals surface area contributed by atoms with E-state index >= 15 is 0 Å². The highest BCUT2D eigenvalue weighted by atomic mass is 32.2. The monoisotopic (exact) mass is 480 g/mol. The van der Waals surface area contributed by atoms with Crippen LogP contribution in [0, 0.1) is 20.8 Å². The second kappa shape index (κ2) is 10.7. The Labute approximate surface area is 202 Å². The molecule has 0 radical (unpaired) electrons. The third kappa shape index (κ3) is 6.38. The van der Waals surface area contributed by atoms with Gasteiger partial charge in [-0.1, -0.05) is 47.5 Å². The van der Waals surface area contributed by atoms with Gasteiger partial charge in [-0.25, -0.2) is 8.42 Å². The average molecular weight is 481 g/mol. The number of ether oxygens (including phenoxy) is 1. The van der Waals surface area contributed by atoms with Gasteiger partial charge in [0.2, 0.25) is 5.91 Å². The third-order valence-electron chi connectivity index (χ3n) is 5.30. The van der Waals surface area contributed by atoms with E-state index in [4.69, 9.17) is 4.74 Å². The van der Waals surface area contributed by atoms with Crippen LogP contribution in [-0.2, 0) is 21.4 Å². The number of hydrogen-bond acceptors (Lipinski definition) is 4. The maximum absolute atomic E-state index is 13.5. The fraction of sp³-hybridized carbons (Fsp3) is 0.296. The molecule has 3 aromatic rings. The van der Waals surface area contributed by atoms with Crippen molar-refractivity contribution in [3.05, 3.63) is 89.0 Å². The molecule has 0 saturated carbocycles. The van der Waals surface area contributed by atoms with Crippen molar-refractivity contribution >= 4 is 21.6 Å². The number of benzene rings is 3. The normalized spacial score (nSPS) is 11.4. The lowest BCUT2D eigenvalue weighted by atomic mass is 10.1. The molecule has 34 heavy (non-hydrogen) atoms. The minimum Gasteiger partial charge on any atom is -0.491 e. The molecule has 0 atom stereocenters. The molecule has 180 valence electrons. The van der Waals surface area contributed by atoms with Crippen molar-refractivity contribution in [3.8, 4) is 5.75 Å². The highest BCUT2D eigenvalue weighted by Gasteiger charge is 2.28. The van der Waals surface area contributed by atoms with Crippen molar-refractivity contribution < 1.29 is 17.9 Å². The molecule has 0 unspecified atom stereocenters. The van der Waals surface area contributed by atoms with Gasteiger partial charge in [-0.05, 0) is 76.1 Å².